The Morgan fingerprint density at radius 2 is 1.64 bits per heavy atom. The van der Waals surface area contributed by atoms with Crippen molar-refractivity contribution < 1.29 is 19.4 Å². The standard InChI is InChI=1S/C19H22N2O4/c1-19(2,3)25-18(24)21-16(17(22)23)12-13-4-6-14(7-5-13)15-8-10-20-11-9-15/h4-11,16H,12H2,1-3H3,(H,21,24)(H,22,23)/t16-/m0/s1. The zero-order valence-corrected chi connectivity index (χ0v) is 14.5. The largest absolute Gasteiger partial charge is 0.480 e. The maximum atomic E-state index is 11.8. The number of carboxylic acid groups (broad SMARTS) is 1. The van der Waals surface area contributed by atoms with Crippen LogP contribution >= 0.6 is 0 Å². The third-order valence-electron chi connectivity index (χ3n) is 3.40. The summed E-state index contributed by atoms with van der Waals surface area (Å²) in [5, 5.41) is 11.7. The minimum absolute atomic E-state index is 0.172. The van der Waals surface area contributed by atoms with E-state index >= 15 is 0 Å². The maximum Gasteiger partial charge on any atom is 0.408 e. The molecule has 0 radical (unpaired) electrons. The van der Waals surface area contributed by atoms with E-state index in [-0.39, 0.29) is 6.42 Å². The molecule has 0 aliphatic heterocycles. The number of carbonyl (C=O) groups is 2. The minimum atomic E-state index is -1.11. The number of amides is 1. The van der Waals surface area contributed by atoms with Crippen LogP contribution in [0.2, 0.25) is 0 Å². The summed E-state index contributed by atoms with van der Waals surface area (Å²) in [6.45, 7) is 5.17. The molecule has 0 saturated carbocycles. The molecule has 1 heterocycles. The van der Waals surface area contributed by atoms with Crippen molar-refractivity contribution in [3.8, 4) is 11.1 Å². The van der Waals surface area contributed by atoms with Crippen molar-refractivity contribution in [2.24, 2.45) is 0 Å². The molecule has 132 valence electrons. The van der Waals surface area contributed by atoms with Gasteiger partial charge < -0.3 is 15.2 Å². The molecule has 0 aliphatic rings. The lowest BCUT2D eigenvalue weighted by molar-refractivity contribution is -0.139. The van der Waals surface area contributed by atoms with E-state index in [2.05, 4.69) is 10.3 Å². The van der Waals surface area contributed by atoms with Gasteiger partial charge in [0.2, 0.25) is 0 Å². The predicted molar refractivity (Wildman–Crippen MR) is 94.2 cm³/mol. The number of pyridine rings is 1. The zero-order chi connectivity index (χ0) is 18.4. The smallest absolute Gasteiger partial charge is 0.408 e. The van der Waals surface area contributed by atoms with Crippen LogP contribution in [0.1, 0.15) is 26.3 Å². The van der Waals surface area contributed by atoms with Gasteiger partial charge in [-0.15, -0.1) is 0 Å². The summed E-state index contributed by atoms with van der Waals surface area (Å²) < 4.78 is 5.11. The Balaban J connectivity index is 2.04. The average Bonchev–Trinajstić information content (AvgIpc) is 2.54. The van der Waals surface area contributed by atoms with Crippen LogP contribution in [0.25, 0.3) is 11.1 Å². The molecule has 1 aromatic heterocycles. The second-order valence-corrected chi connectivity index (χ2v) is 6.67. The highest BCUT2D eigenvalue weighted by atomic mass is 16.6. The summed E-state index contributed by atoms with van der Waals surface area (Å²) in [6, 6.07) is 10.3. The molecule has 0 bridgehead atoms. The van der Waals surface area contributed by atoms with Crippen molar-refractivity contribution in [1.29, 1.82) is 0 Å². The van der Waals surface area contributed by atoms with Crippen LogP contribution in [-0.2, 0) is 16.0 Å². The first-order chi connectivity index (χ1) is 11.7. The number of carboxylic acids is 1. The summed E-state index contributed by atoms with van der Waals surface area (Å²) in [4.78, 5) is 27.2. The summed E-state index contributed by atoms with van der Waals surface area (Å²) in [5.41, 5.74) is 2.17. The molecule has 25 heavy (non-hydrogen) atoms. The van der Waals surface area contributed by atoms with Crippen molar-refractivity contribution >= 4 is 12.1 Å². The lowest BCUT2D eigenvalue weighted by atomic mass is 10.0. The Bertz CT molecular complexity index is 721. The Kier molecular flexibility index (Phi) is 5.75. The molecule has 0 unspecified atom stereocenters. The van der Waals surface area contributed by atoms with Crippen molar-refractivity contribution in [1.82, 2.24) is 10.3 Å². The number of aromatic nitrogens is 1. The molecule has 2 rings (SSSR count). The van der Waals surface area contributed by atoms with Crippen LogP contribution in [0.3, 0.4) is 0 Å². The second-order valence-electron chi connectivity index (χ2n) is 6.67. The second kappa shape index (κ2) is 7.79. The Labute approximate surface area is 146 Å². The van der Waals surface area contributed by atoms with Crippen LogP contribution in [0.15, 0.2) is 48.8 Å². The number of carbonyl (C=O) groups excluding carboxylic acids is 1. The number of alkyl carbamates (subject to hydrolysis) is 1. The Morgan fingerprint density at radius 3 is 2.16 bits per heavy atom. The van der Waals surface area contributed by atoms with Crippen LogP contribution in [0.5, 0.6) is 0 Å². The van der Waals surface area contributed by atoms with Crippen LogP contribution < -0.4 is 5.32 Å². The highest BCUT2D eigenvalue weighted by molar-refractivity contribution is 5.80. The summed E-state index contributed by atoms with van der Waals surface area (Å²) in [6.07, 6.45) is 2.86. The molecule has 0 saturated heterocycles. The fourth-order valence-electron chi connectivity index (χ4n) is 2.26. The van der Waals surface area contributed by atoms with E-state index in [1.807, 2.05) is 36.4 Å². The van der Waals surface area contributed by atoms with Crippen LogP contribution in [0, 0.1) is 0 Å². The van der Waals surface area contributed by atoms with Gasteiger partial charge >= 0.3 is 12.1 Å². The van der Waals surface area contributed by atoms with E-state index < -0.39 is 23.7 Å². The monoisotopic (exact) mass is 342 g/mol. The van der Waals surface area contributed by atoms with Gasteiger partial charge in [-0.25, -0.2) is 9.59 Å². The van der Waals surface area contributed by atoms with Crippen LogP contribution in [-0.4, -0.2) is 33.8 Å². The summed E-state index contributed by atoms with van der Waals surface area (Å²) >= 11 is 0. The number of hydrogen-bond donors (Lipinski definition) is 2. The zero-order valence-electron chi connectivity index (χ0n) is 14.5. The quantitative estimate of drug-likeness (QED) is 0.870. The van der Waals surface area contributed by atoms with E-state index in [1.54, 1.807) is 33.2 Å². The van der Waals surface area contributed by atoms with Crippen LogP contribution in [0.4, 0.5) is 4.79 Å². The van der Waals surface area contributed by atoms with Gasteiger partial charge in [0.1, 0.15) is 11.6 Å². The number of hydrogen-bond acceptors (Lipinski definition) is 4. The molecular formula is C19H22N2O4. The van der Waals surface area contributed by atoms with Crippen molar-refractivity contribution in [2.45, 2.75) is 38.8 Å². The molecule has 0 spiro atoms. The summed E-state index contributed by atoms with van der Waals surface area (Å²) in [5.74, 6) is -1.11. The maximum absolute atomic E-state index is 11.8. The third-order valence-corrected chi connectivity index (χ3v) is 3.40. The number of ether oxygens (including phenoxy) is 1. The molecule has 0 aliphatic carbocycles. The number of nitrogens with one attached hydrogen (secondary N) is 1. The molecule has 1 aromatic carbocycles. The molecule has 6 heteroatoms. The fourth-order valence-corrected chi connectivity index (χ4v) is 2.26. The normalized spacial score (nSPS) is 12.3. The summed E-state index contributed by atoms with van der Waals surface area (Å²) in [7, 11) is 0. The van der Waals surface area contributed by atoms with Gasteiger partial charge in [-0.3, -0.25) is 4.98 Å². The van der Waals surface area contributed by atoms with Gasteiger partial charge in [-0.1, -0.05) is 24.3 Å². The fraction of sp³-hybridized carbons (Fsp3) is 0.316. The first-order valence-corrected chi connectivity index (χ1v) is 7.96. The van der Waals surface area contributed by atoms with E-state index in [0.717, 1.165) is 16.7 Å². The van der Waals surface area contributed by atoms with Gasteiger partial charge in [0.05, 0.1) is 0 Å². The average molecular weight is 342 g/mol. The van der Waals surface area contributed by atoms with Gasteiger partial charge in [0.25, 0.3) is 0 Å². The first kappa shape index (κ1) is 18.4. The van der Waals surface area contributed by atoms with E-state index in [1.165, 1.54) is 0 Å². The molecule has 6 nitrogen and oxygen atoms in total. The topological polar surface area (TPSA) is 88.5 Å². The lowest BCUT2D eigenvalue weighted by Gasteiger charge is -2.22. The van der Waals surface area contributed by atoms with Gasteiger partial charge in [-0.2, -0.15) is 0 Å². The number of aliphatic carboxylic acids is 1. The molecular weight excluding hydrogens is 320 g/mol. The minimum Gasteiger partial charge on any atom is -0.480 e. The number of benzene rings is 1. The predicted octanol–water partition coefficient (Wildman–Crippen LogP) is 3.27. The van der Waals surface area contributed by atoms with Crippen molar-refractivity contribution in [3.63, 3.8) is 0 Å². The highest BCUT2D eigenvalue weighted by Crippen LogP contribution is 2.19. The highest BCUT2D eigenvalue weighted by Gasteiger charge is 2.24. The number of rotatable bonds is 5. The molecule has 0 fully saturated rings. The molecule has 2 aromatic rings. The van der Waals surface area contributed by atoms with E-state index in [0.29, 0.717) is 0 Å². The SMILES string of the molecule is CC(C)(C)OC(=O)N[C@@H](Cc1ccc(-c2ccncc2)cc1)C(=O)O. The van der Waals surface area contributed by atoms with Gasteiger partial charge in [-0.05, 0) is 49.6 Å². The Morgan fingerprint density at radius 1 is 1.08 bits per heavy atom. The third kappa shape index (κ3) is 5.91. The molecule has 1 atom stereocenters. The van der Waals surface area contributed by atoms with E-state index in [9.17, 15) is 14.7 Å². The van der Waals surface area contributed by atoms with Crippen molar-refractivity contribution in [3.05, 3.63) is 54.4 Å². The Hall–Kier alpha value is -2.89. The lowest BCUT2D eigenvalue weighted by Crippen LogP contribution is -2.44. The van der Waals surface area contributed by atoms with Crippen molar-refractivity contribution in [2.75, 3.05) is 0 Å². The first-order valence-electron chi connectivity index (χ1n) is 7.96. The molecule has 2 N–H and O–H groups in total. The van der Waals surface area contributed by atoms with Gasteiger partial charge in [0.15, 0.2) is 0 Å². The number of nitrogens with zero attached hydrogens (tertiary/aromatic N) is 1. The van der Waals surface area contributed by atoms with E-state index in [4.69, 9.17) is 4.74 Å². The molecule has 1 amide bonds. The van der Waals surface area contributed by atoms with Gasteiger partial charge in [0, 0.05) is 18.8 Å².